The summed E-state index contributed by atoms with van der Waals surface area (Å²) in [7, 11) is 0. The molecule has 2 aromatic carbocycles. The molecule has 2 heterocycles. The lowest BCUT2D eigenvalue weighted by molar-refractivity contribution is 0.102. The van der Waals surface area contributed by atoms with Gasteiger partial charge in [0.1, 0.15) is 17.8 Å². The highest BCUT2D eigenvalue weighted by molar-refractivity contribution is 6.33. The fourth-order valence-corrected chi connectivity index (χ4v) is 3.13. The van der Waals surface area contributed by atoms with Crippen LogP contribution in [-0.2, 0) is 6.42 Å². The first kappa shape index (κ1) is 15.6. The van der Waals surface area contributed by atoms with Crippen molar-refractivity contribution in [2.24, 2.45) is 0 Å². The Labute approximate surface area is 150 Å². The minimum absolute atomic E-state index is 0.300. The van der Waals surface area contributed by atoms with E-state index in [9.17, 15) is 4.79 Å². The van der Waals surface area contributed by atoms with Gasteiger partial charge in [-0.2, -0.15) is 0 Å². The fraction of sp³-hybridized carbons (Fsp3) is 0.105. The lowest BCUT2D eigenvalue weighted by Gasteiger charge is -2.18. The number of halogens is 1. The van der Waals surface area contributed by atoms with Gasteiger partial charge in [0.2, 0.25) is 0 Å². The minimum atomic E-state index is -0.316. The number of aromatic nitrogens is 2. The molecule has 1 amide bonds. The Kier molecular flexibility index (Phi) is 4.07. The zero-order valence-electron chi connectivity index (χ0n) is 13.3. The number of hydrogen-bond acceptors (Lipinski definition) is 4. The summed E-state index contributed by atoms with van der Waals surface area (Å²) < 4.78 is 0. The molecule has 0 spiro atoms. The molecule has 6 heteroatoms. The van der Waals surface area contributed by atoms with E-state index >= 15 is 0 Å². The molecular formula is C19H15ClN4O. The number of carbonyl (C=O) groups is 1. The highest BCUT2D eigenvalue weighted by Crippen LogP contribution is 2.33. The first-order chi connectivity index (χ1) is 12.2. The van der Waals surface area contributed by atoms with Crippen LogP contribution in [0.5, 0.6) is 0 Å². The summed E-state index contributed by atoms with van der Waals surface area (Å²) in [6, 6.07) is 17.0. The molecule has 0 fully saturated rings. The maximum absolute atomic E-state index is 12.5. The van der Waals surface area contributed by atoms with Gasteiger partial charge in [-0.25, -0.2) is 9.97 Å². The molecule has 0 atom stereocenters. The molecular weight excluding hydrogens is 336 g/mol. The first-order valence-corrected chi connectivity index (χ1v) is 8.33. The quantitative estimate of drug-likeness (QED) is 0.773. The topological polar surface area (TPSA) is 58.1 Å². The van der Waals surface area contributed by atoms with Crippen LogP contribution in [0, 0.1) is 0 Å². The maximum atomic E-state index is 12.5. The van der Waals surface area contributed by atoms with Crippen LogP contribution in [0.3, 0.4) is 0 Å². The fourth-order valence-electron chi connectivity index (χ4n) is 2.94. The Bertz CT molecular complexity index is 944. The molecule has 1 aliphatic heterocycles. The van der Waals surface area contributed by atoms with Gasteiger partial charge < -0.3 is 10.2 Å². The summed E-state index contributed by atoms with van der Waals surface area (Å²) in [5.41, 5.74) is 3.26. The highest BCUT2D eigenvalue weighted by Gasteiger charge is 2.22. The SMILES string of the molecule is O=C(Nc1ccccc1Cl)c1cc(N2CCc3ccccc32)ncn1. The standard InChI is InChI=1S/C19H15ClN4O/c20-14-6-2-3-7-15(14)23-19(25)16-11-18(22-12-21-16)24-10-9-13-5-1-4-8-17(13)24/h1-8,11-12H,9-10H2,(H,23,25). The van der Waals surface area contributed by atoms with Crippen molar-refractivity contribution in [1.29, 1.82) is 0 Å². The van der Waals surface area contributed by atoms with Crippen molar-refractivity contribution < 1.29 is 4.79 Å². The van der Waals surface area contributed by atoms with Gasteiger partial charge >= 0.3 is 0 Å². The molecule has 4 rings (SSSR count). The smallest absolute Gasteiger partial charge is 0.274 e. The molecule has 5 nitrogen and oxygen atoms in total. The second-order valence-electron chi connectivity index (χ2n) is 5.73. The highest BCUT2D eigenvalue weighted by atomic mass is 35.5. The van der Waals surface area contributed by atoms with Crippen LogP contribution in [0.4, 0.5) is 17.2 Å². The second-order valence-corrected chi connectivity index (χ2v) is 6.13. The molecule has 1 aromatic heterocycles. The summed E-state index contributed by atoms with van der Waals surface area (Å²) >= 11 is 6.09. The van der Waals surface area contributed by atoms with E-state index in [0.29, 0.717) is 22.2 Å². The summed E-state index contributed by atoms with van der Waals surface area (Å²) in [5, 5.41) is 3.27. The van der Waals surface area contributed by atoms with Crippen LogP contribution < -0.4 is 10.2 Å². The molecule has 25 heavy (non-hydrogen) atoms. The lowest BCUT2D eigenvalue weighted by atomic mass is 10.2. The van der Waals surface area contributed by atoms with Crippen molar-refractivity contribution in [1.82, 2.24) is 9.97 Å². The van der Waals surface area contributed by atoms with Gasteiger partial charge in [0.25, 0.3) is 5.91 Å². The van der Waals surface area contributed by atoms with Gasteiger partial charge in [0, 0.05) is 18.3 Å². The zero-order chi connectivity index (χ0) is 17.2. The Morgan fingerprint density at radius 1 is 1.08 bits per heavy atom. The molecule has 0 saturated heterocycles. The van der Waals surface area contributed by atoms with Crippen LogP contribution in [0.2, 0.25) is 5.02 Å². The Balaban J connectivity index is 1.60. The van der Waals surface area contributed by atoms with E-state index in [1.807, 2.05) is 24.3 Å². The molecule has 1 N–H and O–H groups in total. The van der Waals surface area contributed by atoms with Gasteiger partial charge in [-0.15, -0.1) is 0 Å². The Morgan fingerprint density at radius 2 is 1.88 bits per heavy atom. The molecule has 0 unspecified atom stereocenters. The van der Waals surface area contributed by atoms with Crippen molar-refractivity contribution in [3.63, 3.8) is 0 Å². The number of hydrogen-bond donors (Lipinski definition) is 1. The van der Waals surface area contributed by atoms with E-state index in [4.69, 9.17) is 11.6 Å². The summed E-state index contributed by atoms with van der Waals surface area (Å²) in [6.07, 6.45) is 2.37. The number of para-hydroxylation sites is 2. The Morgan fingerprint density at radius 3 is 2.76 bits per heavy atom. The summed E-state index contributed by atoms with van der Waals surface area (Å²) in [4.78, 5) is 23.0. The maximum Gasteiger partial charge on any atom is 0.274 e. The normalized spacial score (nSPS) is 12.8. The van der Waals surface area contributed by atoms with E-state index in [-0.39, 0.29) is 5.91 Å². The second kappa shape index (κ2) is 6.53. The largest absolute Gasteiger partial charge is 0.326 e. The van der Waals surface area contributed by atoms with Crippen LogP contribution in [0.25, 0.3) is 0 Å². The third-order valence-corrected chi connectivity index (χ3v) is 4.50. The lowest BCUT2D eigenvalue weighted by Crippen LogP contribution is -2.18. The Hall–Kier alpha value is -2.92. The van der Waals surface area contributed by atoms with Crippen LogP contribution in [0.15, 0.2) is 60.9 Å². The number of anilines is 3. The average Bonchev–Trinajstić information content (AvgIpc) is 3.08. The molecule has 0 saturated carbocycles. The van der Waals surface area contributed by atoms with E-state index < -0.39 is 0 Å². The number of amides is 1. The molecule has 3 aromatic rings. The minimum Gasteiger partial charge on any atom is -0.326 e. The number of fused-ring (bicyclic) bond motifs is 1. The van der Waals surface area contributed by atoms with E-state index in [0.717, 1.165) is 18.7 Å². The first-order valence-electron chi connectivity index (χ1n) is 7.96. The number of nitrogens with one attached hydrogen (secondary N) is 1. The predicted molar refractivity (Wildman–Crippen MR) is 98.6 cm³/mol. The molecule has 1 aliphatic rings. The van der Waals surface area contributed by atoms with Gasteiger partial charge in [-0.1, -0.05) is 41.9 Å². The number of rotatable bonds is 3. The molecule has 0 aliphatic carbocycles. The van der Waals surface area contributed by atoms with Gasteiger partial charge in [0.05, 0.1) is 10.7 Å². The third kappa shape index (κ3) is 3.06. The van der Waals surface area contributed by atoms with Gasteiger partial charge in [0.15, 0.2) is 0 Å². The predicted octanol–water partition coefficient (Wildman–Crippen LogP) is 4.08. The van der Waals surface area contributed by atoms with E-state index in [2.05, 4.69) is 32.3 Å². The van der Waals surface area contributed by atoms with E-state index in [1.165, 1.54) is 11.9 Å². The zero-order valence-corrected chi connectivity index (χ0v) is 14.1. The van der Waals surface area contributed by atoms with Crippen molar-refractivity contribution in [3.8, 4) is 0 Å². The number of nitrogens with zero attached hydrogens (tertiary/aromatic N) is 3. The molecule has 124 valence electrons. The number of benzene rings is 2. The van der Waals surface area contributed by atoms with Crippen molar-refractivity contribution >= 4 is 34.7 Å². The summed E-state index contributed by atoms with van der Waals surface area (Å²) in [5.74, 6) is 0.397. The van der Waals surface area contributed by atoms with Crippen LogP contribution >= 0.6 is 11.6 Å². The van der Waals surface area contributed by atoms with Crippen molar-refractivity contribution in [2.75, 3.05) is 16.8 Å². The average molecular weight is 351 g/mol. The molecule has 0 radical (unpaired) electrons. The third-order valence-electron chi connectivity index (χ3n) is 4.17. The van der Waals surface area contributed by atoms with Crippen LogP contribution in [-0.4, -0.2) is 22.4 Å². The van der Waals surface area contributed by atoms with Gasteiger partial charge in [-0.3, -0.25) is 4.79 Å². The monoisotopic (exact) mass is 350 g/mol. The number of carbonyl (C=O) groups excluding carboxylic acids is 1. The van der Waals surface area contributed by atoms with Gasteiger partial charge in [-0.05, 0) is 30.2 Å². The van der Waals surface area contributed by atoms with E-state index in [1.54, 1.807) is 18.2 Å². The van der Waals surface area contributed by atoms with Crippen molar-refractivity contribution in [3.05, 3.63) is 77.2 Å². The molecule has 0 bridgehead atoms. The summed E-state index contributed by atoms with van der Waals surface area (Å²) in [6.45, 7) is 0.835. The van der Waals surface area contributed by atoms with Crippen molar-refractivity contribution in [2.45, 2.75) is 6.42 Å². The van der Waals surface area contributed by atoms with Crippen LogP contribution in [0.1, 0.15) is 16.1 Å².